The quantitative estimate of drug-likeness (QED) is 0.324. The van der Waals surface area contributed by atoms with Gasteiger partial charge in [-0.05, 0) is 21.9 Å². The molecule has 0 spiro atoms. The van der Waals surface area contributed by atoms with Crippen molar-refractivity contribution in [2.75, 3.05) is 0 Å². The van der Waals surface area contributed by atoms with E-state index in [0.717, 1.165) is 32.9 Å². The van der Waals surface area contributed by atoms with Gasteiger partial charge in [0.15, 0.2) is 0 Å². The Kier molecular flexibility index (Phi) is 4.42. The van der Waals surface area contributed by atoms with Gasteiger partial charge in [-0.25, -0.2) is 0 Å². The van der Waals surface area contributed by atoms with Crippen LogP contribution in [0.2, 0.25) is 0 Å². The van der Waals surface area contributed by atoms with Crippen LogP contribution in [-0.2, 0) is 17.1 Å². The van der Waals surface area contributed by atoms with E-state index in [-0.39, 0.29) is 17.1 Å². The molecule has 0 N–H and O–H groups in total. The van der Waals surface area contributed by atoms with Crippen LogP contribution in [0, 0.1) is 0 Å². The molecule has 1 radical (unpaired) electrons. The number of nitrogens with zero attached hydrogens (tertiary/aromatic N) is 4. The monoisotopic (exact) mass is 347 g/mol. The maximum Gasteiger partial charge on any atom is 2.00 e. The molecule has 4 nitrogen and oxygen atoms in total. The van der Waals surface area contributed by atoms with E-state index in [4.69, 9.17) is 0 Å². The van der Waals surface area contributed by atoms with Crippen molar-refractivity contribution >= 4 is 34.2 Å². The first kappa shape index (κ1) is 15.3. The van der Waals surface area contributed by atoms with Gasteiger partial charge in [-0.3, -0.25) is 0 Å². The third kappa shape index (κ3) is 2.97. The first-order valence-corrected chi connectivity index (χ1v) is 6.99. The van der Waals surface area contributed by atoms with Gasteiger partial charge in [-0.15, -0.1) is 11.0 Å². The first-order valence-electron chi connectivity index (χ1n) is 6.99. The van der Waals surface area contributed by atoms with Gasteiger partial charge in [-0.2, -0.15) is 22.6 Å². The van der Waals surface area contributed by atoms with E-state index < -0.39 is 0 Å². The summed E-state index contributed by atoms with van der Waals surface area (Å²) in [6.45, 7) is 0. The van der Waals surface area contributed by atoms with Crippen LogP contribution >= 0.6 is 0 Å². The van der Waals surface area contributed by atoms with Crippen molar-refractivity contribution in [2.24, 2.45) is 10.2 Å². The fourth-order valence-electron chi connectivity index (χ4n) is 2.47. The molecule has 0 aliphatic rings. The van der Waals surface area contributed by atoms with Gasteiger partial charge >= 0.3 is 17.1 Å². The molecule has 23 heavy (non-hydrogen) atoms. The molecule has 2 heterocycles. The van der Waals surface area contributed by atoms with Crippen LogP contribution in [0.3, 0.4) is 0 Å². The van der Waals surface area contributed by atoms with E-state index in [1.807, 2.05) is 60.9 Å². The summed E-state index contributed by atoms with van der Waals surface area (Å²) in [6, 6.07) is 16.0. The standard InChI is InChI=1S/C18H12N4.Cu/c1-3-7-17-15(5-1)13(9-19-17)11-21-22-12-14-10-20-18-8-4-2-6-16(14)18;/h1-12H;/q-2;+2/b21-11+,22-12+;. The predicted molar refractivity (Wildman–Crippen MR) is 89.7 cm³/mol. The number of aromatic nitrogens is 2. The van der Waals surface area contributed by atoms with Crippen LogP contribution in [0.5, 0.6) is 0 Å². The second-order valence-electron chi connectivity index (χ2n) is 4.95. The van der Waals surface area contributed by atoms with E-state index in [9.17, 15) is 0 Å². The average Bonchev–Trinajstić information content (AvgIpc) is 3.16. The fraction of sp³-hybridized carbons (Fsp3) is 0. The van der Waals surface area contributed by atoms with Gasteiger partial charge in [0, 0.05) is 0 Å². The van der Waals surface area contributed by atoms with Gasteiger partial charge < -0.3 is 9.97 Å². The number of fused-ring (bicyclic) bond motifs is 2. The van der Waals surface area contributed by atoms with Gasteiger partial charge in [0.25, 0.3) is 0 Å². The minimum absolute atomic E-state index is 0. The third-order valence-electron chi connectivity index (χ3n) is 3.58. The molecule has 4 aromatic rings. The predicted octanol–water partition coefficient (Wildman–Crippen LogP) is 3.36. The number of para-hydroxylation sites is 2. The normalized spacial score (nSPS) is 11.7. The van der Waals surface area contributed by atoms with Crippen molar-refractivity contribution in [3.05, 3.63) is 72.1 Å². The molecular weight excluding hydrogens is 336 g/mol. The molecule has 0 amide bonds. The van der Waals surface area contributed by atoms with Crippen molar-refractivity contribution in [1.82, 2.24) is 9.97 Å². The zero-order chi connectivity index (χ0) is 14.8. The Labute approximate surface area is 143 Å². The Morgan fingerprint density at radius 1 is 0.652 bits per heavy atom. The van der Waals surface area contributed by atoms with Gasteiger partial charge in [-0.1, -0.05) is 48.5 Å². The van der Waals surface area contributed by atoms with Crippen LogP contribution in [-0.4, -0.2) is 12.4 Å². The topological polar surface area (TPSA) is 52.9 Å². The molecule has 115 valence electrons. The smallest absolute Gasteiger partial charge is 0.663 e. The zero-order valence-corrected chi connectivity index (χ0v) is 13.0. The molecule has 2 aromatic heterocycles. The second kappa shape index (κ2) is 6.65. The first-order chi connectivity index (χ1) is 10.9. The molecule has 0 saturated heterocycles. The van der Waals surface area contributed by atoms with Crippen LogP contribution in [0.15, 0.2) is 71.1 Å². The molecule has 0 aliphatic carbocycles. The Bertz CT molecular complexity index is 912. The van der Waals surface area contributed by atoms with Gasteiger partial charge in [0.2, 0.25) is 0 Å². The molecule has 0 atom stereocenters. The van der Waals surface area contributed by atoms with Crippen molar-refractivity contribution in [3.63, 3.8) is 0 Å². The van der Waals surface area contributed by atoms with Crippen LogP contribution < -0.4 is 9.97 Å². The minimum Gasteiger partial charge on any atom is -0.663 e. The molecule has 0 saturated carbocycles. The minimum atomic E-state index is 0. The SMILES string of the molecule is C(=N\N=C\c1c[n-]c2ccccc12)/c1c[n-]c2ccccc12.[Cu+2]. The van der Waals surface area contributed by atoms with Crippen LogP contribution in [0.25, 0.3) is 21.8 Å². The Morgan fingerprint density at radius 2 is 1.09 bits per heavy atom. The number of hydrogen-bond donors (Lipinski definition) is 0. The van der Waals surface area contributed by atoms with E-state index in [0.29, 0.717) is 0 Å². The fourth-order valence-corrected chi connectivity index (χ4v) is 2.47. The molecule has 2 aromatic carbocycles. The summed E-state index contributed by atoms with van der Waals surface area (Å²) in [5.41, 5.74) is 3.88. The van der Waals surface area contributed by atoms with E-state index in [2.05, 4.69) is 20.2 Å². The second-order valence-corrected chi connectivity index (χ2v) is 4.95. The molecule has 5 heteroatoms. The summed E-state index contributed by atoms with van der Waals surface area (Å²) < 4.78 is 0. The largest absolute Gasteiger partial charge is 2.00 e. The molecule has 0 unspecified atom stereocenters. The van der Waals surface area contributed by atoms with E-state index in [1.165, 1.54) is 0 Å². The molecule has 0 bridgehead atoms. The average molecular weight is 348 g/mol. The Hall–Kier alpha value is -2.62. The maximum atomic E-state index is 4.34. The number of benzene rings is 2. The summed E-state index contributed by atoms with van der Waals surface area (Å²) in [7, 11) is 0. The molecule has 0 fully saturated rings. The van der Waals surface area contributed by atoms with Crippen molar-refractivity contribution < 1.29 is 17.1 Å². The van der Waals surface area contributed by atoms with E-state index >= 15 is 0 Å². The van der Waals surface area contributed by atoms with Gasteiger partial charge in [0.05, 0.1) is 12.4 Å². The summed E-state index contributed by atoms with van der Waals surface area (Å²) >= 11 is 0. The van der Waals surface area contributed by atoms with E-state index in [1.54, 1.807) is 12.4 Å². The van der Waals surface area contributed by atoms with Crippen molar-refractivity contribution in [1.29, 1.82) is 0 Å². The van der Waals surface area contributed by atoms with Crippen molar-refractivity contribution in [2.45, 2.75) is 0 Å². The molecule has 0 aliphatic heterocycles. The van der Waals surface area contributed by atoms with Crippen molar-refractivity contribution in [3.8, 4) is 0 Å². The Morgan fingerprint density at radius 3 is 1.57 bits per heavy atom. The van der Waals surface area contributed by atoms with Crippen LogP contribution in [0.4, 0.5) is 0 Å². The third-order valence-corrected chi connectivity index (χ3v) is 3.58. The van der Waals surface area contributed by atoms with Gasteiger partial charge in [0.1, 0.15) is 0 Å². The number of hydrogen-bond acceptors (Lipinski definition) is 2. The summed E-state index contributed by atoms with van der Waals surface area (Å²) in [5.74, 6) is 0. The molecular formula is C18H12CuN4. The molecule has 4 rings (SSSR count). The summed E-state index contributed by atoms with van der Waals surface area (Å²) in [6.07, 6.45) is 7.07. The van der Waals surface area contributed by atoms with Crippen LogP contribution in [0.1, 0.15) is 11.1 Å². The zero-order valence-electron chi connectivity index (χ0n) is 12.0. The summed E-state index contributed by atoms with van der Waals surface area (Å²) in [4.78, 5) is 8.67. The maximum absolute atomic E-state index is 4.34. The Balaban J connectivity index is 0.00000156. The summed E-state index contributed by atoms with van der Waals surface area (Å²) in [5, 5.41) is 10.4. The number of rotatable bonds is 3.